The third kappa shape index (κ3) is 5.48. The topological polar surface area (TPSA) is 67.0 Å². The van der Waals surface area contributed by atoms with Crippen LogP contribution in [0.2, 0.25) is 0 Å². The van der Waals surface area contributed by atoms with Crippen molar-refractivity contribution >= 4 is 16.7 Å². The lowest BCUT2D eigenvalue weighted by atomic mass is 9.93. The minimum Gasteiger partial charge on any atom is -0.381 e. The molecular formula is C25H31N3O2. The van der Waals surface area contributed by atoms with Gasteiger partial charge in [-0.15, -0.1) is 0 Å². The molecule has 5 rings (SSSR count). The smallest absolute Gasteiger partial charge is 0.251 e. The first kappa shape index (κ1) is 20.6. The van der Waals surface area contributed by atoms with Gasteiger partial charge in [-0.3, -0.25) is 4.79 Å². The fourth-order valence-corrected chi connectivity index (χ4v) is 4.37. The minimum absolute atomic E-state index is 0.0504. The number of pyridine rings is 2. The van der Waals surface area contributed by atoms with E-state index in [0.717, 1.165) is 43.0 Å². The number of hydrogen-bond acceptors (Lipinski definition) is 4. The summed E-state index contributed by atoms with van der Waals surface area (Å²) in [4.78, 5) is 18.8. The van der Waals surface area contributed by atoms with Gasteiger partial charge < -0.3 is 15.0 Å². The summed E-state index contributed by atoms with van der Waals surface area (Å²) < 4.78 is 5.25. The molecule has 1 aliphatic carbocycles. The van der Waals surface area contributed by atoms with Crippen molar-refractivity contribution in [2.75, 3.05) is 18.5 Å². The van der Waals surface area contributed by atoms with Crippen LogP contribution in [0.25, 0.3) is 10.9 Å². The van der Waals surface area contributed by atoms with Crippen LogP contribution in [0.15, 0.2) is 59.5 Å². The van der Waals surface area contributed by atoms with Gasteiger partial charge in [-0.25, -0.2) is 4.98 Å². The Kier molecular flexibility index (Phi) is 7.14. The predicted octanol–water partition coefficient (Wildman–Crippen LogP) is 5.25. The van der Waals surface area contributed by atoms with Gasteiger partial charge in [0.15, 0.2) is 0 Å². The summed E-state index contributed by atoms with van der Waals surface area (Å²) >= 11 is 0. The summed E-state index contributed by atoms with van der Waals surface area (Å²) in [6.45, 7) is 1.55. The van der Waals surface area contributed by atoms with Crippen molar-refractivity contribution < 1.29 is 4.74 Å². The monoisotopic (exact) mass is 405 g/mol. The molecule has 0 bridgehead atoms. The van der Waals surface area contributed by atoms with E-state index < -0.39 is 0 Å². The van der Waals surface area contributed by atoms with E-state index in [1.807, 2.05) is 18.2 Å². The molecule has 1 saturated carbocycles. The number of aromatic amines is 1. The van der Waals surface area contributed by atoms with Crippen LogP contribution >= 0.6 is 0 Å². The summed E-state index contributed by atoms with van der Waals surface area (Å²) in [6.07, 6.45) is 10.3. The van der Waals surface area contributed by atoms with Crippen LogP contribution < -0.4 is 10.9 Å². The highest BCUT2D eigenvalue weighted by atomic mass is 16.5. The number of nitrogens with zero attached hydrogens (tertiary/aromatic N) is 1. The van der Waals surface area contributed by atoms with Gasteiger partial charge in [0.1, 0.15) is 5.82 Å². The largest absolute Gasteiger partial charge is 0.381 e. The maximum Gasteiger partial charge on any atom is 0.251 e. The Balaban J connectivity index is 0.000000151. The highest BCUT2D eigenvalue weighted by molar-refractivity contribution is 5.80. The fourth-order valence-electron chi connectivity index (χ4n) is 4.37. The normalized spacial score (nSPS) is 17.9. The molecule has 2 fully saturated rings. The van der Waals surface area contributed by atoms with Gasteiger partial charge in [-0.2, -0.15) is 0 Å². The average molecular weight is 406 g/mol. The molecule has 0 unspecified atom stereocenters. The first-order valence-corrected chi connectivity index (χ1v) is 11.2. The van der Waals surface area contributed by atoms with Crippen molar-refractivity contribution in [2.24, 2.45) is 0 Å². The van der Waals surface area contributed by atoms with Crippen LogP contribution in [0.1, 0.15) is 56.4 Å². The van der Waals surface area contributed by atoms with Crippen LogP contribution in [0, 0.1) is 0 Å². The number of fused-ring (bicyclic) bond motifs is 1. The molecule has 5 heteroatoms. The van der Waals surface area contributed by atoms with Crippen LogP contribution in [0.5, 0.6) is 0 Å². The van der Waals surface area contributed by atoms with Gasteiger partial charge in [0.25, 0.3) is 5.56 Å². The highest BCUT2D eigenvalue weighted by Crippen LogP contribution is 2.24. The molecule has 2 aliphatic rings. The number of anilines is 1. The Morgan fingerprint density at radius 3 is 2.50 bits per heavy atom. The predicted molar refractivity (Wildman–Crippen MR) is 122 cm³/mol. The lowest BCUT2D eigenvalue weighted by Gasteiger charge is -2.23. The molecular weight excluding hydrogens is 374 g/mol. The standard InChI is InChI=1S/C15H18N2.C10H13NO2/c1-2-7-13(8-3-1)16-15-11-10-12-6-4-5-9-14(12)17-15;12-10-9(2-1-5-11-10)8-3-6-13-7-4-8/h4-6,9-11,13H,1-3,7-8H2,(H,16,17);1-2,5,8H,3-4,6-7H2,(H,11,12). The van der Waals surface area contributed by atoms with Gasteiger partial charge in [0.2, 0.25) is 0 Å². The maximum atomic E-state index is 11.4. The zero-order valence-electron chi connectivity index (χ0n) is 17.5. The molecule has 3 aromatic rings. The van der Waals surface area contributed by atoms with Crippen molar-refractivity contribution in [3.05, 3.63) is 70.6 Å². The van der Waals surface area contributed by atoms with Crippen molar-refractivity contribution in [2.45, 2.75) is 56.9 Å². The van der Waals surface area contributed by atoms with Crippen molar-refractivity contribution in [1.29, 1.82) is 0 Å². The molecule has 1 aromatic carbocycles. The first-order valence-electron chi connectivity index (χ1n) is 11.2. The average Bonchev–Trinajstić information content (AvgIpc) is 2.81. The maximum absolute atomic E-state index is 11.4. The first-order chi connectivity index (χ1) is 14.8. The quantitative estimate of drug-likeness (QED) is 0.625. The molecule has 1 saturated heterocycles. The van der Waals surface area contributed by atoms with Gasteiger partial charge >= 0.3 is 0 Å². The molecule has 2 aromatic heterocycles. The third-order valence-electron chi connectivity index (χ3n) is 6.07. The van der Waals surface area contributed by atoms with E-state index in [-0.39, 0.29) is 5.56 Å². The second kappa shape index (κ2) is 10.4. The van der Waals surface area contributed by atoms with Gasteiger partial charge in [-0.05, 0) is 55.9 Å². The van der Waals surface area contributed by atoms with Crippen LogP contribution in [0.4, 0.5) is 5.82 Å². The number of H-pyrrole nitrogens is 1. The van der Waals surface area contributed by atoms with Crippen molar-refractivity contribution in [3.8, 4) is 0 Å². The van der Waals surface area contributed by atoms with E-state index in [4.69, 9.17) is 4.74 Å². The number of rotatable bonds is 3. The Hall–Kier alpha value is -2.66. The van der Waals surface area contributed by atoms with E-state index in [1.165, 1.54) is 37.5 Å². The van der Waals surface area contributed by atoms with Crippen molar-refractivity contribution in [3.63, 3.8) is 0 Å². The van der Waals surface area contributed by atoms with E-state index in [0.29, 0.717) is 12.0 Å². The van der Waals surface area contributed by atoms with Crippen LogP contribution in [-0.4, -0.2) is 29.2 Å². The zero-order valence-corrected chi connectivity index (χ0v) is 17.5. The Morgan fingerprint density at radius 2 is 1.70 bits per heavy atom. The van der Waals surface area contributed by atoms with E-state index in [2.05, 4.69) is 45.6 Å². The number of ether oxygens (including phenoxy) is 1. The van der Waals surface area contributed by atoms with E-state index in [1.54, 1.807) is 6.20 Å². The summed E-state index contributed by atoms with van der Waals surface area (Å²) in [5.41, 5.74) is 2.04. The lowest BCUT2D eigenvalue weighted by Crippen LogP contribution is -2.22. The van der Waals surface area contributed by atoms with Gasteiger partial charge in [0.05, 0.1) is 5.52 Å². The summed E-state index contributed by atoms with van der Waals surface area (Å²) in [5.74, 6) is 1.41. The molecule has 2 N–H and O–H groups in total. The van der Waals surface area contributed by atoms with E-state index >= 15 is 0 Å². The molecule has 3 heterocycles. The molecule has 30 heavy (non-hydrogen) atoms. The SMILES string of the molecule is O=c1[nH]cccc1C1CCOCC1.c1ccc2nc(NC3CCCCC3)ccc2c1. The summed E-state index contributed by atoms with van der Waals surface area (Å²) in [7, 11) is 0. The summed E-state index contributed by atoms with van der Waals surface area (Å²) in [6, 6.07) is 16.9. The molecule has 5 nitrogen and oxygen atoms in total. The lowest BCUT2D eigenvalue weighted by molar-refractivity contribution is 0.0850. The second-order valence-corrected chi connectivity index (χ2v) is 8.21. The fraction of sp³-hybridized carbons (Fsp3) is 0.440. The zero-order chi connectivity index (χ0) is 20.6. The van der Waals surface area contributed by atoms with Crippen LogP contribution in [-0.2, 0) is 4.74 Å². The molecule has 0 amide bonds. The number of para-hydroxylation sites is 1. The Bertz CT molecular complexity index is 989. The van der Waals surface area contributed by atoms with E-state index in [9.17, 15) is 4.79 Å². The third-order valence-corrected chi connectivity index (χ3v) is 6.07. The Morgan fingerprint density at radius 1 is 0.900 bits per heavy atom. The molecule has 0 radical (unpaired) electrons. The minimum atomic E-state index is 0.0504. The molecule has 0 atom stereocenters. The summed E-state index contributed by atoms with van der Waals surface area (Å²) in [5, 5.41) is 4.77. The molecule has 1 aliphatic heterocycles. The van der Waals surface area contributed by atoms with Gasteiger partial charge in [-0.1, -0.05) is 43.5 Å². The Labute approximate surface area is 177 Å². The van der Waals surface area contributed by atoms with Gasteiger partial charge in [0, 0.05) is 36.4 Å². The number of aromatic nitrogens is 2. The van der Waals surface area contributed by atoms with Crippen molar-refractivity contribution in [1.82, 2.24) is 9.97 Å². The highest BCUT2D eigenvalue weighted by Gasteiger charge is 2.17. The van der Waals surface area contributed by atoms with Crippen LogP contribution in [0.3, 0.4) is 0 Å². The molecule has 0 spiro atoms. The number of benzene rings is 1. The second-order valence-electron chi connectivity index (χ2n) is 8.21. The number of hydrogen-bond donors (Lipinski definition) is 2. The molecule has 158 valence electrons. The number of nitrogens with one attached hydrogen (secondary N) is 2.